The number of H-pyrrole nitrogens is 1. The molecule has 1 aliphatic carbocycles. The molecule has 1 aromatic carbocycles. The number of aromatic nitrogens is 2. The molecule has 0 radical (unpaired) electrons. The van der Waals surface area contributed by atoms with Crippen molar-refractivity contribution >= 4 is 11.7 Å². The normalized spacial score (nSPS) is 26.1. The van der Waals surface area contributed by atoms with Gasteiger partial charge in [-0.2, -0.15) is 5.10 Å². The van der Waals surface area contributed by atoms with E-state index in [1.54, 1.807) is 13.1 Å². The molecule has 3 atom stereocenters. The first kappa shape index (κ1) is 23.9. The second-order valence-corrected chi connectivity index (χ2v) is 10.1. The molecule has 3 unspecified atom stereocenters. The fourth-order valence-corrected chi connectivity index (χ4v) is 5.66. The number of nitrogens with one attached hydrogen (secondary N) is 2. The van der Waals surface area contributed by atoms with Crippen LogP contribution in [0.3, 0.4) is 0 Å². The monoisotopic (exact) mass is 492 g/mol. The number of carbonyl (C=O) groups excluding carboxylic acids is 1. The Hall–Kier alpha value is -3.82. The summed E-state index contributed by atoms with van der Waals surface area (Å²) in [6.45, 7) is 10.0. The molecule has 2 fully saturated rings. The maximum absolute atomic E-state index is 13.2. The molecule has 2 aromatic rings. The summed E-state index contributed by atoms with van der Waals surface area (Å²) in [5.74, 6) is 0.360. The van der Waals surface area contributed by atoms with Gasteiger partial charge in [-0.05, 0) is 50.1 Å². The highest BCUT2D eigenvalue weighted by Crippen LogP contribution is 2.49. The number of anilines is 1. The number of hydrogen-bond donors (Lipinski definition) is 2. The van der Waals surface area contributed by atoms with Crippen molar-refractivity contribution in [2.24, 2.45) is 11.8 Å². The predicted molar refractivity (Wildman–Crippen MR) is 135 cm³/mol. The van der Waals surface area contributed by atoms with E-state index < -0.39 is 5.72 Å². The van der Waals surface area contributed by atoms with Gasteiger partial charge in [0, 0.05) is 56.0 Å². The minimum atomic E-state index is -0.904. The SMILES string of the molecule is CC1=C2OC(C)(NC(=O)N3CCN(c4ccc(-c5ccn[nH]5)cc4)CC3)CC2C(C)C([N+](=O)[O-])=C1C. The van der Waals surface area contributed by atoms with Crippen LogP contribution in [-0.4, -0.2) is 58.0 Å². The average Bonchev–Trinajstić information content (AvgIpc) is 3.51. The summed E-state index contributed by atoms with van der Waals surface area (Å²) in [6.07, 6.45) is 2.23. The van der Waals surface area contributed by atoms with E-state index in [4.69, 9.17) is 4.74 Å². The van der Waals surface area contributed by atoms with E-state index >= 15 is 0 Å². The van der Waals surface area contributed by atoms with Crippen molar-refractivity contribution in [2.45, 2.75) is 39.8 Å². The Morgan fingerprint density at radius 2 is 1.86 bits per heavy atom. The highest BCUT2D eigenvalue weighted by molar-refractivity contribution is 5.75. The fraction of sp³-hybridized carbons (Fsp3) is 0.462. The fourth-order valence-electron chi connectivity index (χ4n) is 5.66. The van der Waals surface area contributed by atoms with Crippen LogP contribution in [0.5, 0.6) is 0 Å². The second-order valence-electron chi connectivity index (χ2n) is 10.1. The molecule has 0 saturated carbocycles. The summed E-state index contributed by atoms with van der Waals surface area (Å²) < 4.78 is 6.27. The molecular formula is C26H32N6O4. The third kappa shape index (κ3) is 4.20. The van der Waals surface area contributed by atoms with E-state index in [2.05, 4.69) is 44.7 Å². The van der Waals surface area contributed by atoms with Gasteiger partial charge in [0.2, 0.25) is 0 Å². The third-order valence-corrected chi connectivity index (χ3v) is 7.81. The van der Waals surface area contributed by atoms with Crippen molar-refractivity contribution < 1.29 is 14.5 Å². The van der Waals surface area contributed by atoms with Gasteiger partial charge in [-0.3, -0.25) is 15.2 Å². The van der Waals surface area contributed by atoms with Crippen LogP contribution in [0, 0.1) is 22.0 Å². The van der Waals surface area contributed by atoms with Crippen molar-refractivity contribution in [1.29, 1.82) is 0 Å². The van der Waals surface area contributed by atoms with Gasteiger partial charge >= 0.3 is 6.03 Å². The number of fused-ring (bicyclic) bond motifs is 1. The van der Waals surface area contributed by atoms with Crippen molar-refractivity contribution in [3.05, 3.63) is 69.2 Å². The van der Waals surface area contributed by atoms with E-state index in [1.807, 2.05) is 31.7 Å². The van der Waals surface area contributed by atoms with E-state index in [9.17, 15) is 14.9 Å². The molecule has 10 heteroatoms. The van der Waals surface area contributed by atoms with E-state index in [-0.39, 0.29) is 28.5 Å². The van der Waals surface area contributed by atoms with E-state index in [0.717, 1.165) is 41.4 Å². The van der Waals surface area contributed by atoms with Gasteiger partial charge in [0.1, 0.15) is 5.76 Å². The zero-order valence-corrected chi connectivity index (χ0v) is 21.1. The molecule has 3 aliphatic rings. The van der Waals surface area contributed by atoms with E-state index in [0.29, 0.717) is 25.1 Å². The molecule has 190 valence electrons. The molecule has 0 spiro atoms. The quantitative estimate of drug-likeness (QED) is 0.490. The first-order valence-electron chi connectivity index (χ1n) is 12.3. The number of urea groups is 1. The van der Waals surface area contributed by atoms with E-state index in [1.165, 1.54) is 0 Å². The zero-order chi connectivity index (χ0) is 25.6. The number of nitrogens with zero attached hydrogens (tertiary/aromatic N) is 4. The molecule has 2 N–H and O–H groups in total. The Kier molecular flexibility index (Phi) is 5.97. The summed E-state index contributed by atoms with van der Waals surface area (Å²) in [7, 11) is 0. The summed E-state index contributed by atoms with van der Waals surface area (Å²) in [5.41, 5.74) is 3.97. The number of benzene rings is 1. The second kappa shape index (κ2) is 9.00. The first-order valence-corrected chi connectivity index (χ1v) is 12.3. The number of allylic oxidation sites excluding steroid dienone is 4. The Morgan fingerprint density at radius 3 is 2.47 bits per heavy atom. The van der Waals surface area contributed by atoms with Crippen LogP contribution in [0.4, 0.5) is 10.5 Å². The summed E-state index contributed by atoms with van der Waals surface area (Å²) in [5, 5.41) is 21.7. The van der Waals surface area contributed by atoms with Crippen LogP contribution in [0.2, 0.25) is 0 Å². The van der Waals surface area contributed by atoms with Crippen LogP contribution in [0.1, 0.15) is 34.1 Å². The van der Waals surface area contributed by atoms with Crippen LogP contribution in [0.25, 0.3) is 11.3 Å². The zero-order valence-electron chi connectivity index (χ0n) is 21.1. The minimum absolute atomic E-state index is 0.124. The topological polar surface area (TPSA) is 117 Å². The number of nitro groups is 1. The minimum Gasteiger partial charge on any atom is -0.472 e. The smallest absolute Gasteiger partial charge is 0.320 e. The van der Waals surface area contributed by atoms with Crippen molar-refractivity contribution in [3.63, 3.8) is 0 Å². The number of piperazine rings is 1. The molecule has 36 heavy (non-hydrogen) atoms. The van der Waals surface area contributed by atoms with Crippen LogP contribution in [-0.2, 0) is 4.74 Å². The Balaban J connectivity index is 1.19. The maximum atomic E-state index is 13.2. The maximum Gasteiger partial charge on any atom is 0.320 e. The van der Waals surface area contributed by atoms with Crippen molar-refractivity contribution in [1.82, 2.24) is 20.4 Å². The molecular weight excluding hydrogens is 460 g/mol. The first-order chi connectivity index (χ1) is 17.2. The molecule has 2 aliphatic heterocycles. The predicted octanol–water partition coefficient (Wildman–Crippen LogP) is 4.14. The van der Waals surface area contributed by atoms with Crippen LogP contribution in [0.15, 0.2) is 59.1 Å². The van der Waals surface area contributed by atoms with Gasteiger partial charge in [0.15, 0.2) is 5.72 Å². The van der Waals surface area contributed by atoms with Gasteiger partial charge in [0.05, 0.1) is 16.5 Å². The van der Waals surface area contributed by atoms with Crippen molar-refractivity contribution in [2.75, 3.05) is 31.1 Å². The Bertz CT molecular complexity index is 1230. The molecule has 3 heterocycles. The number of aromatic amines is 1. The largest absolute Gasteiger partial charge is 0.472 e. The van der Waals surface area contributed by atoms with Crippen LogP contribution < -0.4 is 10.2 Å². The summed E-state index contributed by atoms with van der Waals surface area (Å²) in [4.78, 5) is 28.6. The number of rotatable bonds is 4. The van der Waals surface area contributed by atoms with Gasteiger partial charge < -0.3 is 19.9 Å². The molecule has 0 bridgehead atoms. The molecule has 2 amide bonds. The lowest BCUT2D eigenvalue weighted by Gasteiger charge is -2.37. The molecule has 1 aromatic heterocycles. The van der Waals surface area contributed by atoms with Crippen molar-refractivity contribution in [3.8, 4) is 11.3 Å². The van der Waals surface area contributed by atoms with Gasteiger partial charge in [-0.25, -0.2) is 4.79 Å². The summed E-state index contributed by atoms with van der Waals surface area (Å²) in [6, 6.07) is 10.1. The Morgan fingerprint density at radius 1 is 1.17 bits per heavy atom. The van der Waals surface area contributed by atoms with Gasteiger partial charge in [0.25, 0.3) is 5.70 Å². The molecule has 5 rings (SSSR count). The van der Waals surface area contributed by atoms with Gasteiger partial charge in [-0.15, -0.1) is 0 Å². The average molecular weight is 493 g/mol. The number of carbonyl (C=O) groups is 1. The lowest BCUT2D eigenvalue weighted by atomic mass is 9.78. The summed E-state index contributed by atoms with van der Waals surface area (Å²) >= 11 is 0. The number of hydrogen-bond acceptors (Lipinski definition) is 6. The molecule has 2 saturated heterocycles. The third-order valence-electron chi connectivity index (χ3n) is 7.81. The lowest BCUT2D eigenvalue weighted by molar-refractivity contribution is -0.436. The van der Waals surface area contributed by atoms with Crippen LogP contribution >= 0.6 is 0 Å². The number of amides is 2. The number of ether oxygens (including phenoxy) is 1. The highest BCUT2D eigenvalue weighted by atomic mass is 16.6. The Labute approximate surface area is 210 Å². The van der Waals surface area contributed by atoms with Gasteiger partial charge in [-0.1, -0.05) is 19.1 Å². The lowest BCUT2D eigenvalue weighted by Crippen LogP contribution is -2.56. The molecule has 10 nitrogen and oxygen atoms in total. The highest BCUT2D eigenvalue weighted by Gasteiger charge is 2.50. The standard InChI is InChI=1S/C26H32N6O4/c1-16-17(2)24-21(18(3)23(16)32(34)35)15-26(4,36-24)28-25(33)31-13-11-30(12-14-31)20-7-5-19(6-8-20)22-9-10-27-29-22/h5-10,18,21H,11-15H2,1-4H3,(H,27,29)(H,28,33).